The minimum atomic E-state index is 0.347. The average Bonchev–Trinajstić information content (AvgIpc) is 3.01. The van der Waals surface area contributed by atoms with Crippen molar-refractivity contribution in [3.8, 4) is 5.75 Å². The van der Waals surface area contributed by atoms with E-state index >= 15 is 0 Å². The van der Waals surface area contributed by atoms with Crippen LogP contribution in [0.5, 0.6) is 5.75 Å². The molecule has 0 aromatic heterocycles. The minimum absolute atomic E-state index is 0.347. The van der Waals surface area contributed by atoms with Gasteiger partial charge in [-0.15, -0.1) is 0 Å². The third kappa shape index (κ3) is 3.33. The van der Waals surface area contributed by atoms with Gasteiger partial charge in [0.1, 0.15) is 5.75 Å². The molecule has 3 unspecified atom stereocenters. The first kappa shape index (κ1) is 13.9. The van der Waals surface area contributed by atoms with E-state index in [0.717, 1.165) is 18.5 Å². The third-order valence-corrected chi connectivity index (χ3v) is 4.94. The molecule has 1 aliphatic carbocycles. The van der Waals surface area contributed by atoms with E-state index in [9.17, 15) is 5.11 Å². The van der Waals surface area contributed by atoms with Gasteiger partial charge in [-0.05, 0) is 55.8 Å². The Bertz CT molecular complexity index is 412. The normalized spacial score (nSPS) is 30.5. The number of phenolic OH excluding ortho intramolecular Hbond substituents is 1. The lowest BCUT2D eigenvalue weighted by Gasteiger charge is -2.36. The van der Waals surface area contributed by atoms with Gasteiger partial charge in [0.15, 0.2) is 0 Å². The highest BCUT2D eigenvalue weighted by atomic mass is 16.3. The zero-order chi connectivity index (χ0) is 13.8. The highest BCUT2D eigenvalue weighted by molar-refractivity contribution is 5.25. The summed E-state index contributed by atoms with van der Waals surface area (Å²) in [5.41, 5.74) is 1.26. The summed E-state index contributed by atoms with van der Waals surface area (Å²) in [6.45, 7) is 2.11. The Morgan fingerprint density at radius 1 is 1.05 bits per heavy atom. The number of hydrogen-bond acceptors (Lipinski definition) is 3. The van der Waals surface area contributed by atoms with Crippen LogP contribution in [0.3, 0.4) is 0 Å². The number of phenols is 1. The molecular weight excluding hydrogens is 248 g/mol. The molecule has 0 bridgehead atoms. The van der Waals surface area contributed by atoms with Crippen LogP contribution in [0.15, 0.2) is 24.3 Å². The molecule has 20 heavy (non-hydrogen) atoms. The second-order valence-corrected chi connectivity index (χ2v) is 6.30. The highest BCUT2D eigenvalue weighted by Gasteiger charge is 2.32. The van der Waals surface area contributed by atoms with E-state index in [1.807, 2.05) is 12.1 Å². The third-order valence-electron chi connectivity index (χ3n) is 4.94. The molecule has 1 saturated carbocycles. The van der Waals surface area contributed by atoms with Gasteiger partial charge in [-0.3, -0.25) is 0 Å². The molecule has 1 aliphatic heterocycles. The van der Waals surface area contributed by atoms with Crippen molar-refractivity contribution in [2.24, 2.45) is 5.92 Å². The quantitative estimate of drug-likeness (QED) is 0.791. The van der Waals surface area contributed by atoms with Crippen LogP contribution in [0.1, 0.15) is 44.1 Å². The fraction of sp³-hybridized carbons (Fsp3) is 0.647. The van der Waals surface area contributed by atoms with Crippen LogP contribution in [0, 0.1) is 5.92 Å². The first-order valence-corrected chi connectivity index (χ1v) is 8.07. The fourth-order valence-corrected chi connectivity index (χ4v) is 3.83. The molecule has 1 saturated heterocycles. The molecular formula is C17H26N2O. The Balaban J connectivity index is 1.57. The summed E-state index contributed by atoms with van der Waals surface area (Å²) in [5.74, 6) is 1.14. The predicted octanol–water partition coefficient (Wildman–Crippen LogP) is 2.79. The molecule has 2 aliphatic rings. The van der Waals surface area contributed by atoms with Crippen molar-refractivity contribution in [2.75, 3.05) is 6.54 Å². The Morgan fingerprint density at radius 3 is 2.60 bits per heavy atom. The van der Waals surface area contributed by atoms with Gasteiger partial charge in [0.25, 0.3) is 0 Å². The van der Waals surface area contributed by atoms with E-state index in [4.69, 9.17) is 0 Å². The standard InChI is InChI=1S/C17H26N2O/c20-14-9-7-13(8-10-14)12-19-17-5-2-1-4-15(17)16-6-3-11-18-16/h7-10,15-20H,1-6,11-12H2. The molecule has 3 heteroatoms. The van der Waals surface area contributed by atoms with Crippen molar-refractivity contribution in [3.05, 3.63) is 29.8 Å². The van der Waals surface area contributed by atoms with E-state index in [2.05, 4.69) is 10.6 Å². The molecule has 1 aromatic carbocycles. The van der Waals surface area contributed by atoms with Crippen LogP contribution in [-0.4, -0.2) is 23.7 Å². The molecule has 2 fully saturated rings. The first-order chi connectivity index (χ1) is 9.83. The smallest absolute Gasteiger partial charge is 0.115 e. The van der Waals surface area contributed by atoms with E-state index in [0.29, 0.717) is 11.8 Å². The molecule has 3 nitrogen and oxygen atoms in total. The molecule has 3 atom stereocenters. The fourth-order valence-electron chi connectivity index (χ4n) is 3.83. The first-order valence-electron chi connectivity index (χ1n) is 8.07. The van der Waals surface area contributed by atoms with E-state index in [1.165, 1.54) is 50.6 Å². The molecule has 1 aromatic rings. The van der Waals surface area contributed by atoms with E-state index in [-0.39, 0.29) is 0 Å². The lowest BCUT2D eigenvalue weighted by molar-refractivity contribution is 0.213. The van der Waals surface area contributed by atoms with Gasteiger partial charge < -0.3 is 15.7 Å². The van der Waals surface area contributed by atoms with Crippen molar-refractivity contribution >= 4 is 0 Å². The summed E-state index contributed by atoms with van der Waals surface area (Å²) in [7, 11) is 0. The van der Waals surface area contributed by atoms with E-state index < -0.39 is 0 Å². The molecule has 3 rings (SSSR count). The summed E-state index contributed by atoms with van der Waals surface area (Å²) in [6, 6.07) is 8.93. The maximum absolute atomic E-state index is 9.33. The summed E-state index contributed by atoms with van der Waals surface area (Å²) in [6.07, 6.45) is 8.11. The summed E-state index contributed by atoms with van der Waals surface area (Å²) in [5, 5.41) is 16.8. The Labute approximate surface area is 121 Å². The molecule has 0 amide bonds. The van der Waals surface area contributed by atoms with Crippen LogP contribution in [0.2, 0.25) is 0 Å². The molecule has 0 radical (unpaired) electrons. The van der Waals surface area contributed by atoms with Crippen molar-refractivity contribution in [1.29, 1.82) is 0 Å². The zero-order valence-corrected chi connectivity index (χ0v) is 12.1. The Kier molecular flexibility index (Phi) is 4.58. The van der Waals surface area contributed by atoms with Crippen molar-refractivity contribution in [3.63, 3.8) is 0 Å². The number of aromatic hydroxyl groups is 1. The monoisotopic (exact) mass is 274 g/mol. The summed E-state index contributed by atoms with van der Waals surface area (Å²) in [4.78, 5) is 0. The van der Waals surface area contributed by atoms with Crippen LogP contribution in [0.25, 0.3) is 0 Å². The van der Waals surface area contributed by atoms with Crippen molar-refractivity contribution in [1.82, 2.24) is 10.6 Å². The van der Waals surface area contributed by atoms with Crippen molar-refractivity contribution < 1.29 is 5.11 Å². The number of nitrogens with one attached hydrogen (secondary N) is 2. The topological polar surface area (TPSA) is 44.3 Å². The van der Waals surface area contributed by atoms with Gasteiger partial charge in [0.05, 0.1) is 0 Å². The van der Waals surface area contributed by atoms with Crippen molar-refractivity contribution in [2.45, 2.75) is 57.2 Å². The average molecular weight is 274 g/mol. The summed E-state index contributed by atoms with van der Waals surface area (Å²) >= 11 is 0. The summed E-state index contributed by atoms with van der Waals surface area (Å²) < 4.78 is 0. The van der Waals surface area contributed by atoms with Gasteiger partial charge in [-0.2, -0.15) is 0 Å². The van der Waals surface area contributed by atoms with Gasteiger partial charge in [-0.25, -0.2) is 0 Å². The molecule has 1 heterocycles. The van der Waals surface area contributed by atoms with Crippen LogP contribution in [0.4, 0.5) is 0 Å². The highest BCUT2D eigenvalue weighted by Crippen LogP contribution is 2.30. The van der Waals surface area contributed by atoms with Gasteiger partial charge in [0, 0.05) is 18.6 Å². The molecule has 0 spiro atoms. The molecule has 3 N–H and O–H groups in total. The van der Waals surface area contributed by atoms with Gasteiger partial charge in [0.2, 0.25) is 0 Å². The molecule has 110 valence electrons. The predicted molar refractivity (Wildman–Crippen MR) is 81.7 cm³/mol. The van der Waals surface area contributed by atoms with Gasteiger partial charge in [-0.1, -0.05) is 25.0 Å². The Hall–Kier alpha value is -1.06. The SMILES string of the molecule is Oc1ccc(CNC2CCCCC2C2CCCN2)cc1. The lowest BCUT2D eigenvalue weighted by atomic mass is 9.79. The number of rotatable bonds is 4. The zero-order valence-electron chi connectivity index (χ0n) is 12.1. The minimum Gasteiger partial charge on any atom is -0.508 e. The van der Waals surface area contributed by atoms with Crippen LogP contribution in [-0.2, 0) is 6.54 Å². The number of hydrogen-bond donors (Lipinski definition) is 3. The van der Waals surface area contributed by atoms with Crippen LogP contribution >= 0.6 is 0 Å². The number of benzene rings is 1. The maximum Gasteiger partial charge on any atom is 0.115 e. The van der Waals surface area contributed by atoms with Gasteiger partial charge >= 0.3 is 0 Å². The lowest BCUT2D eigenvalue weighted by Crippen LogP contribution is -2.46. The largest absolute Gasteiger partial charge is 0.508 e. The maximum atomic E-state index is 9.33. The van der Waals surface area contributed by atoms with Crippen LogP contribution < -0.4 is 10.6 Å². The Morgan fingerprint density at radius 2 is 1.85 bits per heavy atom. The second-order valence-electron chi connectivity index (χ2n) is 6.30. The van der Waals surface area contributed by atoms with E-state index in [1.54, 1.807) is 12.1 Å². The second kappa shape index (κ2) is 6.59.